The van der Waals surface area contributed by atoms with Gasteiger partial charge in [-0.05, 0) is 32.2 Å². The second kappa shape index (κ2) is 6.89. The van der Waals surface area contributed by atoms with Crippen LogP contribution >= 0.6 is 11.3 Å². The van der Waals surface area contributed by atoms with Gasteiger partial charge in [0.05, 0.1) is 11.2 Å². The predicted molar refractivity (Wildman–Crippen MR) is 77.1 cm³/mol. The molecule has 0 aliphatic heterocycles. The molecule has 0 fully saturated rings. The molecule has 1 unspecified atom stereocenters. The molecule has 0 saturated carbocycles. The number of hydrogen-bond acceptors (Lipinski definition) is 3. The maximum atomic E-state index is 12.3. The topological polar surface area (TPSA) is 24.9 Å². The molecule has 0 amide bonds. The van der Waals surface area contributed by atoms with Crippen molar-refractivity contribution in [2.24, 2.45) is 0 Å². The number of alkyl halides is 3. The zero-order valence-electron chi connectivity index (χ0n) is 12.5. The third-order valence-corrected chi connectivity index (χ3v) is 4.41. The Hall–Kier alpha value is -0.620. The van der Waals surface area contributed by atoms with E-state index in [2.05, 4.69) is 24.1 Å². The van der Waals surface area contributed by atoms with E-state index in [-0.39, 0.29) is 6.42 Å². The average Bonchev–Trinajstić information content (AvgIpc) is 2.77. The van der Waals surface area contributed by atoms with Crippen LogP contribution in [0.15, 0.2) is 5.38 Å². The van der Waals surface area contributed by atoms with Gasteiger partial charge in [-0.1, -0.05) is 20.8 Å². The largest absolute Gasteiger partial charge is 0.389 e. The third kappa shape index (κ3) is 5.05. The van der Waals surface area contributed by atoms with Crippen LogP contribution in [0.1, 0.15) is 63.6 Å². The third-order valence-electron chi connectivity index (χ3n) is 3.29. The minimum Gasteiger partial charge on any atom is -0.306 e. The maximum absolute atomic E-state index is 12.3. The Labute approximate surface area is 122 Å². The number of aromatic nitrogens is 1. The number of rotatable bonds is 7. The summed E-state index contributed by atoms with van der Waals surface area (Å²) in [5.41, 5.74) is 0.530. The molecular weight excluding hydrogens is 285 g/mol. The van der Waals surface area contributed by atoms with E-state index in [0.29, 0.717) is 18.9 Å². The zero-order chi connectivity index (χ0) is 15.4. The fraction of sp³-hybridized carbons (Fsp3) is 0.786. The quantitative estimate of drug-likeness (QED) is 0.781. The molecule has 1 rings (SSSR count). The van der Waals surface area contributed by atoms with Crippen LogP contribution in [0.3, 0.4) is 0 Å². The highest BCUT2D eigenvalue weighted by atomic mass is 32.1. The standard InChI is InChI=1S/C14H23F3N2S/c1-5-18-13(4,7-6-8-14(15,16)17)12-19-11(9-20-12)10(2)3/h9-10,18H,5-8H2,1-4H3. The van der Waals surface area contributed by atoms with Crippen molar-refractivity contribution in [3.63, 3.8) is 0 Å². The van der Waals surface area contributed by atoms with E-state index in [1.807, 2.05) is 19.2 Å². The van der Waals surface area contributed by atoms with Crippen LogP contribution in [0.4, 0.5) is 13.2 Å². The first-order chi connectivity index (χ1) is 9.18. The molecule has 0 radical (unpaired) electrons. The summed E-state index contributed by atoms with van der Waals surface area (Å²) in [6.07, 6.45) is -4.27. The second-order valence-electron chi connectivity index (χ2n) is 5.56. The highest BCUT2D eigenvalue weighted by Gasteiger charge is 2.32. The van der Waals surface area contributed by atoms with Crippen LogP contribution in [0, 0.1) is 0 Å². The summed E-state index contributed by atoms with van der Waals surface area (Å²) < 4.78 is 36.9. The van der Waals surface area contributed by atoms with Crippen LogP contribution in [-0.4, -0.2) is 17.7 Å². The van der Waals surface area contributed by atoms with Crippen molar-refractivity contribution in [1.29, 1.82) is 0 Å². The van der Waals surface area contributed by atoms with E-state index in [9.17, 15) is 13.2 Å². The Balaban J connectivity index is 2.78. The fourth-order valence-corrected chi connectivity index (χ4v) is 3.26. The molecule has 0 saturated heterocycles. The molecule has 0 aliphatic carbocycles. The highest BCUT2D eigenvalue weighted by molar-refractivity contribution is 7.09. The van der Waals surface area contributed by atoms with Gasteiger partial charge in [-0.15, -0.1) is 11.3 Å². The molecule has 1 heterocycles. The van der Waals surface area contributed by atoms with E-state index < -0.39 is 18.1 Å². The Bertz CT molecular complexity index is 415. The van der Waals surface area contributed by atoms with Gasteiger partial charge in [-0.2, -0.15) is 13.2 Å². The predicted octanol–water partition coefficient (Wildman–Crippen LogP) is 4.82. The molecule has 0 bridgehead atoms. The Morgan fingerprint density at radius 3 is 2.40 bits per heavy atom. The summed E-state index contributed by atoms with van der Waals surface area (Å²) in [7, 11) is 0. The monoisotopic (exact) mass is 308 g/mol. The average molecular weight is 308 g/mol. The lowest BCUT2D eigenvalue weighted by Crippen LogP contribution is -2.39. The maximum Gasteiger partial charge on any atom is 0.389 e. The SMILES string of the molecule is CCNC(C)(CCCC(F)(F)F)c1nc(C(C)C)cs1. The minimum absolute atomic E-state index is 0.115. The lowest BCUT2D eigenvalue weighted by Gasteiger charge is -2.28. The van der Waals surface area contributed by atoms with Crippen LogP contribution in [0.5, 0.6) is 0 Å². The van der Waals surface area contributed by atoms with Gasteiger partial charge < -0.3 is 5.32 Å². The van der Waals surface area contributed by atoms with Crippen molar-refractivity contribution >= 4 is 11.3 Å². The van der Waals surface area contributed by atoms with Gasteiger partial charge in [0.2, 0.25) is 0 Å². The molecule has 1 aromatic rings. The van der Waals surface area contributed by atoms with E-state index in [1.54, 1.807) is 0 Å². The van der Waals surface area contributed by atoms with Crippen molar-refractivity contribution in [3.05, 3.63) is 16.1 Å². The van der Waals surface area contributed by atoms with Gasteiger partial charge in [-0.3, -0.25) is 0 Å². The van der Waals surface area contributed by atoms with Gasteiger partial charge in [0.25, 0.3) is 0 Å². The first kappa shape index (κ1) is 17.4. The summed E-state index contributed by atoms with van der Waals surface area (Å²) in [6.45, 7) is 8.73. The molecule has 1 aromatic heterocycles. The minimum atomic E-state index is -4.08. The highest BCUT2D eigenvalue weighted by Crippen LogP contribution is 2.33. The van der Waals surface area contributed by atoms with Crippen LogP contribution in [0.25, 0.3) is 0 Å². The number of nitrogens with zero attached hydrogens (tertiary/aromatic N) is 1. The summed E-state index contributed by atoms with van der Waals surface area (Å²) in [5.74, 6) is 0.334. The Kier molecular flexibility index (Phi) is 6.01. The van der Waals surface area contributed by atoms with Crippen molar-refractivity contribution in [2.45, 2.75) is 64.6 Å². The number of nitrogens with one attached hydrogen (secondary N) is 1. The number of thiazole rings is 1. The molecule has 20 heavy (non-hydrogen) atoms. The van der Waals surface area contributed by atoms with Crippen LogP contribution in [-0.2, 0) is 5.54 Å². The molecule has 0 aromatic carbocycles. The van der Waals surface area contributed by atoms with Gasteiger partial charge >= 0.3 is 6.18 Å². The molecule has 1 N–H and O–H groups in total. The molecule has 6 heteroatoms. The lowest BCUT2D eigenvalue weighted by atomic mass is 9.95. The smallest absolute Gasteiger partial charge is 0.306 e. The molecule has 1 atom stereocenters. The lowest BCUT2D eigenvalue weighted by molar-refractivity contribution is -0.136. The van der Waals surface area contributed by atoms with Crippen molar-refractivity contribution in [1.82, 2.24) is 10.3 Å². The van der Waals surface area contributed by atoms with Crippen molar-refractivity contribution in [3.8, 4) is 0 Å². The van der Waals surface area contributed by atoms with E-state index in [4.69, 9.17) is 0 Å². The van der Waals surface area contributed by atoms with Gasteiger partial charge in [0.1, 0.15) is 5.01 Å². The van der Waals surface area contributed by atoms with Crippen molar-refractivity contribution < 1.29 is 13.2 Å². The second-order valence-corrected chi connectivity index (χ2v) is 6.42. The summed E-state index contributed by atoms with van der Waals surface area (Å²) in [4.78, 5) is 4.59. The first-order valence-electron chi connectivity index (χ1n) is 6.95. The van der Waals surface area contributed by atoms with Gasteiger partial charge in [-0.25, -0.2) is 4.98 Å². The molecular formula is C14H23F3N2S. The normalized spacial score (nSPS) is 15.6. The fourth-order valence-electron chi connectivity index (χ4n) is 2.11. The number of hydrogen-bond donors (Lipinski definition) is 1. The van der Waals surface area contributed by atoms with E-state index in [1.165, 1.54) is 11.3 Å². The van der Waals surface area contributed by atoms with E-state index in [0.717, 1.165) is 10.7 Å². The Morgan fingerprint density at radius 2 is 1.95 bits per heavy atom. The van der Waals surface area contributed by atoms with Gasteiger partial charge in [0.15, 0.2) is 0 Å². The van der Waals surface area contributed by atoms with Crippen LogP contribution in [0.2, 0.25) is 0 Å². The molecule has 0 aliphatic rings. The van der Waals surface area contributed by atoms with Crippen LogP contribution < -0.4 is 5.32 Å². The molecule has 116 valence electrons. The summed E-state index contributed by atoms with van der Waals surface area (Å²) >= 11 is 1.53. The summed E-state index contributed by atoms with van der Waals surface area (Å²) in [5, 5.41) is 6.17. The first-order valence-corrected chi connectivity index (χ1v) is 7.83. The van der Waals surface area contributed by atoms with Gasteiger partial charge in [0, 0.05) is 11.8 Å². The van der Waals surface area contributed by atoms with Crippen molar-refractivity contribution in [2.75, 3.05) is 6.54 Å². The van der Waals surface area contributed by atoms with E-state index >= 15 is 0 Å². The molecule has 2 nitrogen and oxygen atoms in total. The number of halogens is 3. The summed E-state index contributed by atoms with van der Waals surface area (Å²) in [6, 6.07) is 0. The molecule has 0 spiro atoms. The Morgan fingerprint density at radius 1 is 1.30 bits per heavy atom. The zero-order valence-corrected chi connectivity index (χ0v) is 13.3.